The summed E-state index contributed by atoms with van der Waals surface area (Å²) < 4.78 is 0. The van der Waals surface area contributed by atoms with Crippen molar-refractivity contribution < 1.29 is 0 Å². The Kier molecular flexibility index (Phi) is 10.1. The van der Waals surface area contributed by atoms with Gasteiger partial charge in [-0.25, -0.2) is 4.98 Å². The van der Waals surface area contributed by atoms with Crippen LogP contribution in [0.1, 0.15) is 17.6 Å². The Morgan fingerprint density at radius 3 is 2.62 bits per heavy atom. The summed E-state index contributed by atoms with van der Waals surface area (Å²) in [4.78, 5) is 13.7. The van der Waals surface area contributed by atoms with E-state index in [-0.39, 0.29) is 24.0 Å². The van der Waals surface area contributed by atoms with Crippen molar-refractivity contribution in [2.45, 2.75) is 26.3 Å². The number of nitrogens with zero attached hydrogens (tertiary/aromatic N) is 4. The number of thiazole rings is 1. The summed E-state index contributed by atoms with van der Waals surface area (Å²) in [5, 5.41) is 10.1. The van der Waals surface area contributed by atoms with E-state index in [0.29, 0.717) is 6.04 Å². The van der Waals surface area contributed by atoms with Gasteiger partial charge in [0.05, 0.1) is 10.7 Å². The molecule has 1 aliphatic heterocycles. The predicted octanol–water partition coefficient (Wildman–Crippen LogP) is 1.41. The van der Waals surface area contributed by atoms with Crippen molar-refractivity contribution in [2.24, 2.45) is 4.99 Å². The van der Waals surface area contributed by atoms with E-state index in [1.165, 1.54) is 0 Å². The summed E-state index contributed by atoms with van der Waals surface area (Å²) >= 11 is 1.71. The molecule has 1 aromatic rings. The van der Waals surface area contributed by atoms with Gasteiger partial charge in [-0.05, 0) is 20.9 Å². The number of aryl methyl sites for hydroxylation is 1. The first-order valence-corrected chi connectivity index (χ1v) is 9.24. The molecule has 0 aliphatic carbocycles. The van der Waals surface area contributed by atoms with Gasteiger partial charge in [0.2, 0.25) is 0 Å². The number of likely N-dealkylation sites (N-methyl/N-ethyl adjacent to an activating group) is 1. The van der Waals surface area contributed by atoms with E-state index in [0.717, 1.165) is 62.4 Å². The van der Waals surface area contributed by atoms with Crippen molar-refractivity contribution >= 4 is 41.3 Å². The molecule has 138 valence electrons. The maximum atomic E-state index is 4.48. The third-order valence-corrected chi connectivity index (χ3v) is 5.11. The maximum Gasteiger partial charge on any atom is 0.191 e. The summed E-state index contributed by atoms with van der Waals surface area (Å²) in [5.41, 5.74) is 1.15. The van der Waals surface area contributed by atoms with E-state index in [1.54, 1.807) is 11.3 Å². The van der Waals surface area contributed by atoms with Crippen LogP contribution in [0.2, 0.25) is 0 Å². The van der Waals surface area contributed by atoms with Gasteiger partial charge >= 0.3 is 0 Å². The lowest BCUT2D eigenvalue weighted by Gasteiger charge is -2.36. The van der Waals surface area contributed by atoms with Gasteiger partial charge in [-0.15, -0.1) is 35.3 Å². The fraction of sp³-hybridized carbons (Fsp3) is 0.750. The quantitative estimate of drug-likeness (QED) is 0.378. The number of halogens is 1. The molecular formula is C16H31IN6S. The topological polar surface area (TPSA) is 55.8 Å². The van der Waals surface area contributed by atoms with Crippen molar-refractivity contribution in [1.29, 1.82) is 0 Å². The Bertz CT molecular complexity index is 499. The van der Waals surface area contributed by atoms with Crippen LogP contribution in [-0.4, -0.2) is 80.1 Å². The van der Waals surface area contributed by atoms with Gasteiger partial charge in [0, 0.05) is 64.2 Å². The molecule has 0 saturated carbocycles. The smallest absolute Gasteiger partial charge is 0.191 e. The van der Waals surface area contributed by atoms with E-state index in [2.05, 4.69) is 49.8 Å². The summed E-state index contributed by atoms with van der Waals surface area (Å²) in [6, 6.07) is 0.517. The number of nitrogens with one attached hydrogen (secondary N) is 2. The van der Waals surface area contributed by atoms with Crippen LogP contribution in [0.25, 0.3) is 0 Å². The van der Waals surface area contributed by atoms with Gasteiger partial charge in [-0.3, -0.25) is 9.89 Å². The van der Waals surface area contributed by atoms with Crippen LogP contribution in [-0.2, 0) is 6.42 Å². The maximum absolute atomic E-state index is 4.48. The van der Waals surface area contributed by atoms with Crippen molar-refractivity contribution in [2.75, 3.05) is 53.4 Å². The first-order valence-electron chi connectivity index (χ1n) is 8.36. The number of piperazine rings is 1. The van der Waals surface area contributed by atoms with E-state index < -0.39 is 0 Å². The van der Waals surface area contributed by atoms with Crippen LogP contribution in [0, 0.1) is 6.92 Å². The Labute approximate surface area is 167 Å². The van der Waals surface area contributed by atoms with E-state index in [4.69, 9.17) is 0 Å². The van der Waals surface area contributed by atoms with Crippen molar-refractivity contribution in [1.82, 2.24) is 25.4 Å². The summed E-state index contributed by atoms with van der Waals surface area (Å²) in [6.45, 7) is 10.7. The molecule has 8 heteroatoms. The van der Waals surface area contributed by atoms with Crippen LogP contribution in [0.3, 0.4) is 0 Å². The fourth-order valence-corrected chi connectivity index (χ4v) is 3.34. The van der Waals surface area contributed by atoms with Crippen LogP contribution in [0.5, 0.6) is 0 Å². The Morgan fingerprint density at radius 2 is 2.04 bits per heavy atom. The first kappa shape index (κ1) is 21.6. The zero-order valence-corrected chi connectivity index (χ0v) is 18.4. The lowest BCUT2D eigenvalue weighted by atomic mass is 10.2. The molecule has 0 spiro atoms. The van der Waals surface area contributed by atoms with Gasteiger partial charge in [-0.1, -0.05) is 0 Å². The highest BCUT2D eigenvalue weighted by atomic mass is 127. The van der Waals surface area contributed by atoms with Crippen molar-refractivity contribution in [3.63, 3.8) is 0 Å². The summed E-state index contributed by atoms with van der Waals surface area (Å²) in [6.07, 6.45) is 0.930. The minimum Gasteiger partial charge on any atom is -0.356 e. The molecule has 1 atom stereocenters. The number of aliphatic imine (C=N–C) groups is 1. The van der Waals surface area contributed by atoms with Gasteiger partial charge in [0.1, 0.15) is 0 Å². The molecule has 1 aliphatic rings. The van der Waals surface area contributed by atoms with Gasteiger partial charge in [-0.2, -0.15) is 0 Å². The molecule has 6 nitrogen and oxygen atoms in total. The second-order valence-corrected chi connectivity index (χ2v) is 7.24. The standard InChI is InChI=1S/C16H30N6S.HI/c1-13(22-9-7-21(4)8-10-22)11-19-16(17-3)18-6-5-15-12-23-14(2)20-15;/h12-13H,5-11H2,1-4H3,(H2,17,18,19);1H. The van der Waals surface area contributed by atoms with Crippen molar-refractivity contribution in [3.05, 3.63) is 16.1 Å². The highest BCUT2D eigenvalue weighted by Crippen LogP contribution is 2.07. The average Bonchev–Trinajstić information content (AvgIpc) is 2.96. The Hall–Kier alpha value is -0.450. The van der Waals surface area contributed by atoms with Gasteiger partial charge < -0.3 is 15.5 Å². The van der Waals surface area contributed by atoms with E-state index in [1.807, 2.05) is 14.0 Å². The van der Waals surface area contributed by atoms with Crippen molar-refractivity contribution in [3.8, 4) is 0 Å². The molecule has 1 aromatic heterocycles. The Morgan fingerprint density at radius 1 is 1.33 bits per heavy atom. The molecule has 0 radical (unpaired) electrons. The van der Waals surface area contributed by atoms with Crippen LogP contribution >= 0.6 is 35.3 Å². The second-order valence-electron chi connectivity index (χ2n) is 6.18. The molecule has 0 bridgehead atoms. The number of rotatable bonds is 6. The second kappa shape index (κ2) is 11.2. The normalized spacial score (nSPS) is 18.1. The number of hydrogen-bond acceptors (Lipinski definition) is 5. The molecule has 0 amide bonds. The summed E-state index contributed by atoms with van der Waals surface area (Å²) in [5.74, 6) is 0.873. The van der Waals surface area contributed by atoms with Crippen LogP contribution < -0.4 is 10.6 Å². The van der Waals surface area contributed by atoms with Gasteiger partial charge in [0.25, 0.3) is 0 Å². The number of aromatic nitrogens is 1. The minimum absolute atomic E-state index is 0. The largest absolute Gasteiger partial charge is 0.356 e. The van der Waals surface area contributed by atoms with E-state index >= 15 is 0 Å². The Balaban J connectivity index is 0.00000288. The third-order valence-electron chi connectivity index (χ3n) is 4.29. The van der Waals surface area contributed by atoms with Gasteiger partial charge in [0.15, 0.2) is 5.96 Å². The lowest BCUT2D eigenvalue weighted by molar-refractivity contribution is 0.120. The molecule has 2 heterocycles. The zero-order chi connectivity index (χ0) is 16.7. The highest BCUT2D eigenvalue weighted by Gasteiger charge is 2.18. The molecule has 1 saturated heterocycles. The predicted molar refractivity (Wildman–Crippen MR) is 114 cm³/mol. The SMILES string of the molecule is CN=C(NCCc1csc(C)n1)NCC(C)N1CCN(C)CC1.I. The first-order chi connectivity index (χ1) is 11.1. The molecule has 1 unspecified atom stereocenters. The molecule has 24 heavy (non-hydrogen) atoms. The minimum atomic E-state index is 0. The average molecular weight is 466 g/mol. The molecule has 1 fully saturated rings. The highest BCUT2D eigenvalue weighted by molar-refractivity contribution is 14.0. The van der Waals surface area contributed by atoms with Crippen LogP contribution in [0.4, 0.5) is 0 Å². The fourth-order valence-electron chi connectivity index (χ4n) is 2.69. The molecule has 2 rings (SSSR count). The molecule has 0 aromatic carbocycles. The number of hydrogen-bond donors (Lipinski definition) is 2. The lowest BCUT2D eigenvalue weighted by Crippen LogP contribution is -2.52. The third kappa shape index (κ3) is 7.20. The zero-order valence-electron chi connectivity index (χ0n) is 15.2. The van der Waals surface area contributed by atoms with E-state index in [9.17, 15) is 0 Å². The number of guanidine groups is 1. The monoisotopic (exact) mass is 466 g/mol. The summed E-state index contributed by atoms with van der Waals surface area (Å²) in [7, 11) is 4.01. The molecular weight excluding hydrogens is 435 g/mol. The molecule has 2 N–H and O–H groups in total. The van der Waals surface area contributed by atoms with Crippen LogP contribution in [0.15, 0.2) is 10.4 Å².